The van der Waals surface area contributed by atoms with Gasteiger partial charge >= 0.3 is 88.7 Å². The van der Waals surface area contributed by atoms with Crippen LogP contribution in [0.15, 0.2) is 0 Å². The summed E-state index contributed by atoms with van der Waals surface area (Å²) in [5.74, 6) is -8.44. The van der Waals surface area contributed by atoms with Crippen LogP contribution in [-0.4, -0.2) is 64.5 Å². The monoisotopic (exact) mass is 597 g/mol. The molecule has 0 aromatic heterocycles. The Morgan fingerprint density at radius 1 is 0.600 bits per heavy atom. The van der Waals surface area contributed by atoms with Crippen molar-refractivity contribution in [3.05, 3.63) is 0 Å². The molecule has 3 amide bonds. The maximum atomic E-state index is 12.9. The first-order chi connectivity index (χ1) is 17.3. The van der Waals surface area contributed by atoms with Gasteiger partial charge in [-0.15, -0.1) is 0 Å². The SMILES string of the molecule is CCCCC(NC(=O)CC(O)(CC(=O)NC(CCCC)C(=O)[O-])C(=O)NC(CCCC)C(=O)[O-])C(=O)[O-].[Na+].[Na+].[Na+]. The number of amides is 3. The molecule has 0 rings (SSSR count). The molecule has 0 saturated heterocycles. The summed E-state index contributed by atoms with van der Waals surface area (Å²) in [6, 6.07) is -4.39. The van der Waals surface area contributed by atoms with Gasteiger partial charge in [0, 0.05) is 0 Å². The van der Waals surface area contributed by atoms with Crippen LogP contribution in [0, 0.1) is 0 Å². The molecular formula is C24H38N3Na3O10. The minimum atomic E-state index is -2.84. The van der Waals surface area contributed by atoms with E-state index in [2.05, 4.69) is 16.0 Å². The summed E-state index contributed by atoms with van der Waals surface area (Å²) in [5.41, 5.74) is -2.84. The molecule has 0 saturated carbocycles. The van der Waals surface area contributed by atoms with Gasteiger partial charge in [0.25, 0.3) is 5.91 Å². The molecule has 0 aromatic carbocycles. The molecule has 212 valence electrons. The van der Waals surface area contributed by atoms with Crippen molar-refractivity contribution in [3.63, 3.8) is 0 Å². The topological polar surface area (TPSA) is 228 Å². The maximum Gasteiger partial charge on any atom is 1.00 e. The molecule has 0 aromatic rings. The van der Waals surface area contributed by atoms with Crippen LogP contribution < -0.4 is 120 Å². The van der Waals surface area contributed by atoms with E-state index in [1.54, 1.807) is 20.8 Å². The van der Waals surface area contributed by atoms with Crippen LogP contribution in [0.2, 0.25) is 0 Å². The first-order valence-electron chi connectivity index (χ1n) is 12.6. The van der Waals surface area contributed by atoms with E-state index in [-0.39, 0.29) is 108 Å². The van der Waals surface area contributed by atoms with Crippen LogP contribution in [0.3, 0.4) is 0 Å². The number of unbranched alkanes of at least 4 members (excludes halogenated alkanes) is 3. The average molecular weight is 598 g/mol. The fourth-order valence-corrected chi connectivity index (χ4v) is 3.51. The Labute approximate surface area is 301 Å². The zero-order valence-corrected chi connectivity index (χ0v) is 30.6. The van der Waals surface area contributed by atoms with Crippen molar-refractivity contribution < 1.29 is 138 Å². The van der Waals surface area contributed by atoms with Crippen molar-refractivity contribution in [2.45, 2.75) is 115 Å². The molecule has 0 aliphatic carbocycles. The summed E-state index contributed by atoms with van der Waals surface area (Å²) in [5, 5.41) is 51.5. The predicted octanol–water partition coefficient (Wildman–Crippen LogP) is -12.2. The third kappa shape index (κ3) is 19.1. The Kier molecular flexibility index (Phi) is 29.5. The van der Waals surface area contributed by atoms with Gasteiger partial charge in [-0.1, -0.05) is 59.3 Å². The Hall–Kier alpha value is -0.220. The van der Waals surface area contributed by atoms with Crippen LogP contribution in [0.25, 0.3) is 0 Å². The van der Waals surface area contributed by atoms with Gasteiger partial charge in [-0.05, 0) is 19.3 Å². The van der Waals surface area contributed by atoms with E-state index in [1.807, 2.05) is 0 Å². The van der Waals surface area contributed by atoms with Crippen LogP contribution in [0.5, 0.6) is 0 Å². The average Bonchev–Trinajstić information content (AvgIpc) is 2.80. The molecular weight excluding hydrogens is 559 g/mol. The van der Waals surface area contributed by atoms with Crippen LogP contribution in [0.4, 0.5) is 0 Å². The minimum Gasteiger partial charge on any atom is -0.548 e. The molecule has 4 N–H and O–H groups in total. The first-order valence-corrected chi connectivity index (χ1v) is 12.6. The number of carboxylic acid groups (broad SMARTS) is 3. The standard InChI is InChI=1S/C24H41N3O10.3Na/c1-4-7-10-15(20(30)31)25-18(28)13-24(37,23(36)27-17(22(34)35)12-9-6-3)14-19(29)26-16(21(32)33)11-8-5-2;;;/h15-17,37H,4-14H2,1-3H3,(H,25,28)(H,26,29)(H,27,36)(H,30,31)(H,32,33)(H,34,35);;;/q;3*+1/p-3. The van der Waals surface area contributed by atoms with Gasteiger partial charge in [0.1, 0.15) is 0 Å². The minimum absolute atomic E-state index is 0. The Morgan fingerprint density at radius 3 is 1.12 bits per heavy atom. The second kappa shape index (κ2) is 25.3. The molecule has 40 heavy (non-hydrogen) atoms. The smallest absolute Gasteiger partial charge is 0.548 e. The maximum absolute atomic E-state index is 12.9. The summed E-state index contributed by atoms with van der Waals surface area (Å²) in [7, 11) is 0. The third-order valence-electron chi connectivity index (χ3n) is 5.70. The van der Waals surface area contributed by atoms with Crippen molar-refractivity contribution in [1.29, 1.82) is 0 Å². The molecule has 0 fully saturated rings. The van der Waals surface area contributed by atoms with E-state index < -0.39 is 72.2 Å². The molecule has 3 unspecified atom stereocenters. The van der Waals surface area contributed by atoms with Gasteiger partial charge in [0.05, 0.1) is 48.9 Å². The number of aliphatic hydroxyl groups is 1. The summed E-state index contributed by atoms with van der Waals surface area (Å²) in [4.78, 5) is 72.2. The van der Waals surface area contributed by atoms with Crippen molar-refractivity contribution in [1.82, 2.24) is 16.0 Å². The summed E-state index contributed by atoms with van der Waals surface area (Å²) in [6.07, 6.45) is 0.826. The number of hydrogen-bond acceptors (Lipinski definition) is 10. The van der Waals surface area contributed by atoms with Gasteiger partial charge in [0.15, 0.2) is 5.60 Å². The van der Waals surface area contributed by atoms with Gasteiger partial charge in [-0.25, -0.2) is 0 Å². The van der Waals surface area contributed by atoms with Crippen molar-refractivity contribution in [2.75, 3.05) is 0 Å². The number of rotatable bonds is 20. The van der Waals surface area contributed by atoms with Crippen molar-refractivity contribution in [3.8, 4) is 0 Å². The zero-order valence-electron chi connectivity index (χ0n) is 24.6. The normalized spacial score (nSPS) is 13.8. The van der Waals surface area contributed by atoms with E-state index in [1.165, 1.54) is 0 Å². The van der Waals surface area contributed by atoms with Crippen LogP contribution >= 0.6 is 0 Å². The van der Waals surface area contributed by atoms with E-state index in [0.717, 1.165) is 0 Å². The van der Waals surface area contributed by atoms with E-state index in [0.29, 0.717) is 38.5 Å². The third-order valence-corrected chi connectivity index (χ3v) is 5.70. The summed E-state index contributed by atoms with van der Waals surface area (Å²) >= 11 is 0. The molecule has 0 aliphatic rings. The van der Waals surface area contributed by atoms with E-state index in [9.17, 15) is 49.2 Å². The molecule has 3 atom stereocenters. The Morgan fingerprint density at radius 2 is 0.875 bits per heavy atom. The number of aliphatic carboxylic acids is 3. The largest absolute Gasteiger partial charge is 1.00 e. The summed E-state index contributed by atoms with van der Waals surface area (Å²) < 4.78 is 0. The second-order valence-corrected chi connectivity index (χ2v) is 9.04. The number of carbonyl (C=O) groups is 6. The van der Waals surface area contributed by atoms with Crippen molar-refractivity contribution in [2.24, 2.45) is 0 Å². The molecule has 0 heterocycles. The molecule has 16 heteroatoms. The Bertz CT molecular complexity index is 775. The summed E-state index contributed by atoms with van der Waals surface area (Å²) in [6.45, 7) is 5.36. The predicted molar refractivity (Wildman–Crippen MR) is 124 cm³/mol. The fraction of sp³-hybridized carbons (Fsp3) is 0.750. The van der Waals surface area contributed by atoms with Crippen LogP contribution in [-0.2, 0) is 28.8 Å². The molecule has 0 bridgehead atoms. The quantitative estimate of drug-likeness (QED) is 0.0969. The van der Waals surface area contributed by atoms with Gasteiger partial charge in [-0.3, -0.25) is 14.4 Å². The molecule has 0 aliphatic heterocycles. The number of hydrogen-bond donors (Lipinski definition) is 4. The molecule has 0 spiro atoms. The first kappa shape index (κ1) is 46.7. The molecule has 0 radical (unpaired) electrons. The van der Waals surface area contributed by atoms with Gasteiger partial charge in [-0.2, -0.15) is 0 Å². The Balaban J connectivity index is -0.00000216. The number of carboxylic acids is 3. The van der Waals surface area contributed by atoms with E-state index >= 15 is 0 Å². The van der Waals surface area contributed by atoms with E-state index in [4.69, 9.17) is 0 Å². The van der Waals surface area contributed by atoms with Gasteiger partial charge in [0.2, 0.25) is 11.8 Å². The van der Waals surface area contributed by atoms with Crippen LogP contribution in [0.1, 0.15) is 91.4 Å². The number of nitrogens with one attached hydrogen (secondary N) is 3. The molecule has 13 nitrogen and oxygen atoms in total. The fourth-order valence-electron chi connectivity index (χ4n) is 3.51. The zero-order chi connectivity index (χ0) is 28.6. The number of carbonyl (C=O) groups excluding carboxylic acids is 6. The second-order valence-electron chi connectivity index (χ2n) is 9.04. The van der Waals surface area contributed by atoms with Crippen molar-refractivity contribution >= 4 is 35.6 Å². The van der Waals surface area contributed by atoms with Gasteiger partial charge < -0.3 is 50.8 Å².